The van der Waals surface area contributed by atoms with Crippen molar-refractivity contribution in [1.82, 2.24) is 0 Å². The van der Waals surface area contributed by atoms with Crippen LogP contribution in [0, 0.1) is 6.92 Å². The van der Waals surface area contributed by atoms with Crippen molar-refractivity contribution in [3.63, 3.8) is 0 Å². The molecule has 0 radical (unpaired) electrons. The quantitative estimate of drug-likeness (QED) is 0.308. The largest absolute Gasteiger partial charge is 0.399 e. The molecule has 0 heterocycles. The smallest absolute Gasteiger partial charge is 0.296 e. The Morgan fingerprint density at radius 1 is 0.760 bits per heavy atom. The molecule has 0 bridgehead atoms. The lowest BCUT2D eigenvalue weighted by atomic mass is 10.2. The van der Waals surface area contributed by atoms with Gasteiger partial charge in [-0.25, -0.2) is 0 Å². The highest BCUT2D eigenvalue weighted by Crippen LogP contribution is 2.28. The third kappa shape index (κ3) is 5.49. The molecule has 0 aliphatic carbocycles. The molecule has 0 spiro atoms. The molecule has 0 saturated heterocycles. The topological polar surface area (TPSA) is 213 Å². The fourth-order valence-electron chi connectivity index (χ4n) is 1.71. The Morgan fingerprint density at radius 2 is 1.20 bits per heavy atom. The average Bonchev–Trinajstić information content (AvgIpc) is 2.44. The number of hydrogen-bond donors (Lipinski definition) is 6. The first kappa shape index (κ1) is 20.5. The number of nitrogens with two attached hydrogens (primary N) is 4. The molecule has 0 atom stereocenters. The SMILES string of the molecule is Cc1ccc(N)cc1N.Nc1cc(S(=O)(=O)O)c(N)c(S(=O)(=O)O)c1. The maximum absolute atomic E-state index is 10.8. The van der Waals surface area contributed by atoms with E-state index in [0.717, 1.165) is 29.1 Å². The molecule has 0 fully saturated rings. The molecule has 0 saturated carbocycles. The minimum absolute atomic E-state index is 0.283. The first-order valence-corrected chi connectivity index (χ1v) is 9.37. The Hall–Kier alpha value is -2.54. The molecule has 0 unspecified atom stereocenters. The summed E-state index contributed by atoms with van der Waals surface area (Å²) in [7, 11) is -9.44. The van der Waals surface area contributed by atoms with Gasteiger partial charge in [0, 0.05) is 17.1 Å². The highest BCUT2D eigenvalue weighted by Gasteiger charge is 2.23. The highest BCUT2D eigenvalue weighted by molar-refractivity contribution is 7.87. The monoisotopic (exact) mass is 390 g/mol. The minimum atomic E-state index is -4.72. The number of hydrogen-bond acceptors (Lipinski definition) is 8. The van der Waals surface area contributed by atoms with E-state index in [1.54, 1.807) is 6.07 Å². The van der Waals surface area contributed by atoms with Crippen LogP contribution >= 0.6 is 0 Å². The predicted octanol–water partition coefficient (Wildman–Crippen LogP) is 0.504. The van der Waals surface area contributed by atoms with E-state index in [1.807, 2.05) is 19.1 Å². The molecule has 2 aromatic rings. The first-order valence-electron chi connectivity index (χ1n) is 6.49. The fourth-order valence-corrected chi connectivity index (χ4v) is 3.12. The van der Waals surface area contributed by atoms with Gasteiger partial charge in [-0.3, -0.25) is 9.11 Å². The Balaban J connectivity index is 0.000000293. The normalized spacial score (nSPS) is 11.5. The van der Waals surface area contributed by atoms with Crippen LogP contribution in [0.15, 0.2) is 40.1 Å². The molecule has 10 N–H and O–H groups in total. The maximum atomic E-state index is 10.8. The minimum Gasteiger partial charge on any atom is -0.399 e. The summed E-state index contributed by atoms with van der Waals surface area (Å²) in [4.78, 5) is -1.75. The zero-order valence-corrected chi connectivity index (χ0v) is 14.7. The second-order valence-electron chi connectivity index (χ2n) is 5.00. The van der Waals surface area contributed by atoms with Crippen molar-refractivity contribution in [3.8, 4) is 0 Å². The summed E-state index contributed by atoms with van der Waals surface area (Å²) in [6.45, 7) is 1.95. The number of nitrogen functional groups attached to an aromatic ring is 4. The van der Waals surface area contributed by atoms with Gasteiger partial charge in [-0.2, -0.15) is 16.8 Å². The van der Waals surface area contributed by atoms with Crippen LogP contribution in [0.3, 0.4) is 0 Å². The second-order valence-corrected chi connectivity index (χ2v) is 7.78. The van der Waals surface area contributed by atoms with Crippen LogP contribution in [0.1, 0.15) is 5.56 Å². The van der Waals surface area contributed by atoms with E-state index < -0.39 is 35.7 Å². The summed E-state index contributed by atoms with van der Waals surface area (Å²) >= 11 is 0. The van der Waals surface area contributed by atoms with E-state index in [-0.39, 0.29) is 5.69 Å². The van der Waals surface area contributed by atoms with E-state index in [0.29, 0.717) is 0 Å². The second kappa shape index (κ2) is 7.14. The van der Waals surface area contributed by atoms with Gasteiger partial charge in [-0.15, -0.1) is 0 Å². The first-order chi connectivity index (χ1) is 11.2. The molecular weight excluding hydrogens is 372 g/mol. The standard InChI is InChI=1S/C7H10N2.C6H8N2O6S2/c1-5-2-3-6(8)4-7(5)9;7-3-1-4(15(9,10)11)6(8)5(2-3)16(12,13)14/h2-4H,8-9H2,1H3;1-2H,7-8H2,(H,9,10,11)(H,12,13,14). The molecule has 0 aliphatic rings. The van der Waals surface area contributed by atoms with Crippen molar-refractivity contribution >= 4 is 43.0 Å². The van der Waals surface area contributed by atoms with E-state index in [9.17, 15) is 16.8 Å². The summed E-state index contributed by atoms with van der Waals surface area (Å²) in [6, 6.07) is 7.06. The molecule has 0 aromatic heterocycles. The van der Waals surface area contributed by atoms with Crippen LogP contribution in [-0.2, 0) is 20.2 Å². The van der Waals surface area contributed by atoms with Gasteiger partial charge in [0.2, 0.25) is 0 Å². The molecule has 0 aliphatic heterocycles. The van der Waals surface area contributed by atoms with Crippen LogP contribution in [0.4, 0.5) is 22.7 Å². The molecule has 2 aromatic carbocycles. The number of benzene rings is 2. The highest BCUT2D eigenvalue weighted by atomic mass is 32.2. The van der Waals surface area contributed by atoms with Gasteiger partial charge in [-0.05, 0) is 36.8 Å². The lowest BCUT2D eigenvalue weighted by Gasteiger charge is -2.08. The third-order valence-corrected chi connectivity index (χ3v) is 4.77. The molecule has 12 heteroatoms. The van der Waals surface area contributed by atoms with Crippen molar-refractivity contribution in [2.24, 2.45) is 0 Å². The summed E-state index contributed by atoms with van der Waals surface area (Å²) < 4.78 is 60.8. The molecular formula is C13H18N4O6S2. The average molecular weight is 390 g/mol. The van der Waals surface area contributed by atoms with Gasteiger partial charge in [0.05, 0.1) is 5.69 Å². The van der Waals surface area contributed by atoms with Gasteiger partial charge in [-0.1, -0.05) is 6.07 Å². The van der Waals surface area contributed by atoms with E-state index >= 15 is 0 Å². The van der Waals surface area contributed by atoms with Crippen LogP contribution in [0.5, 0.6) is 0 Å². The van der Waals surface area contributed by atoms with Crippen molar-refractivity contribution in [3.05, 3.63) is 35.9 Å². The van der Waals surface area contributed by atoms with Crippen molar-refractivity contribution in [2.75, 3.05) is 22.9 Å². The Morgan fingerprint density at radius 3 is 1.52 bits per heavy atom. The van der Waals surface area contributed by atoms with Gasteiger partial charge in [0.15, 0.2) is 0 Å². The number of anilines is 4. The maximum Gasteiger partial charge on any atom is 0.296 e. The lowest BCUT2D eigenvalue weighted by molar-refractivity contribution is 0.482. The van der Waals surface area contributed by atoms with Crippen molar-refractivity contribution < 1.29 is 25.9 Å². The van der Waals surface area contributed by atoms with E-state index in [2.05, 4.69) is 0 Å². The van der Waals surface area contributed by atoms with Crippen LogP contribution < -0.4 is 22.9 Å². The van der Waals surface area contributed by atoms with E-state index in [1.165, 1.54) is 0 Å². The Labute approximate surface area is 144 Å². The Kier molecular flexibility index (Phi) is 5.86. The van der Waals surface area contributed by atoms with Gasteiger partial charge in [0.25, 0.3) is 20.2 Å². The molecule has 10 nitrogen and oxygen atoms in total. The van der Waals surface area contributed by atoms with Crippen LogP contribution in [0.25, 0.3) is 0 Å². The van der Waals surface area contributed by atoms with Gasteiger partial charge < -0.3 is 22.9 Å². The van der Waals surface area contributed by atoms with Gasteiger partial charge >= 0.3 is 0 Å². The summed E-state index contributed by atoms with van der Waals surface area (Å²) in [6.07, 6.45) is 0. The number of aryl methyl sites for hydroxylation is 1. The lowest BCUT2D eigenvalue weighted by Crippen LogP contribution is -2.10. The zero-order valence-electron chi connectivity index (χ0n) is 13.0. The number of rotatable bonds is 2. The molecule has 0 amide bonds. The predicted molar refractivity (Wildman–Crippen MR) is 94.9 cm³/mol. The molecule has 25 heavy (non-hydrogen) atoms. The van der Waals surface area contributed by atoms with Gasteiger partial charge in [0.1, 0.15) is 9.79 Å². The van der Waals surface area contributed by atoms with Crippen LogP contribution in [-0.4, -0.2) is 25.9 Å². The third-order valence-electron chi connectivity index (χ3n) is 2.99. The summed E-state index contributed by atoms with van der Waals surface area (Å²) in [5.74, 6) is 0. The van der Waals surface area contributed by atoms with Crippen molar-refractivity contribution in [1.29, 1.82) is 0 Å². The summed E-state index contributed by atoms with van der Waals surface area (Å²) in [5, 5.41) is 0. The fraction of sp³-hybridized carbons (Fsp3) is 0.0769. The Bertz CT molecular complexity index is 950. The zero-order chi connectivity index (χ0) is 19.6. The van der Waals surface area contributed by atoms with Crippen molar-refractivity contribution in [2.45, 2.75) is 16.7 Å². The summed E-state index contributed by atoms with van der Waals surface area (Å²) in [5.41, 5.74) is 22.9. The molecule has 2 rings (SSSR count). The van der Waals surface area contributed by atoms with E-state index in [4.69, 9.17) is 32.0 Å². The van der Waals surface area contributed by atoms with Crippen LogP contribution in [0.2, 0.25) is 0 Å². The molecule has 138 valence electrons.